The lowest BCUT2D eigenvalue weighted by Crippen LogP contribution is -2.39. The smallest absolute Gasteiger partial charge is 0.349 e. The van der Waals surface area contributed by atoms with Crippen molar-refractivity contribution in [2.24, 2.45) is 5.92 Å². The molecule has 0 saturated carbocycles. The van der Waals surface area contributed by atoms with Crippen molar-refractivity contribution in [1.82, 2.24) is 0 Å². The monoisotopic (exact) mass is 369 g/mol. The highest BCUT2D eigenvalue weighted by Gasteiger charge is 2.30. The van der Waals surface area contributed by atoms with E-state index in [1.54, 1.807) is 11.8 Å². The van der Waals surface area contributed by atoms with E-state index in [1.807, 2.05) is 30.3 Å². The van der Waals surface area contributed by atoms with Gasteiger partial charge in [-0.1, -0.05) is 25.1 Å². The van der Waals surface area contributed by atoms with E-state index >= 15 is 0 Å². The van der Waals surface area contributed by atoms with Crippen LogP contribution in [-0.4, -0.2) is 24.5 Å². The van der Waals surface area contributed by atoms with E-state index in [2.05, 4.69) is 6.92 Å². The van der Waals surface area contributed by atoms with Crippen LogP contribution in [0.2, 0.25) is 0 Å². The maximum absolute atomic E-state index is 12.8. The highest BCUT2D eigenvalue weighted by Crippen LogP contribution is 2.33. The van der Waals surface area contributed by atoms with Gasteiger partial charge in [0.25, 0.3) is 5.91 Å². The summed E-state index contributed by atoms with van der Waals surface area (Å²) in [6.07, 6.45) is 3.29. The van der Waals surface area contributed by atoms with Gasteiger partial charge in [-0.2, -0.15) is 0 Å². The molecule has 0 N–H and O–H groups in total. The maximum Gasteiger partial charge on any atom is 0.349 e. The Morgan fingerprint density at radius 3 is 2.88 bits per heavy atom. The lowest BCUT2D eigenvalue weighted by atomic mass is 9.90. The summed E-state index contributed by atoms with van der Waals surface area (Å²) >= 11 is 1.52. The van der Waals surface area contributed by atoms with Crippen LogP contribution in [0.25, 0.3) is 0 Å². The van der Waals surface area contributed by atoms with Gasteiger partial charge in [-0.3, -0.25) is 4.79 Å². The minimum Gasteiger partial charge on any atom is -0.448 e. The molecule has 0 radical (unpaired) electrons. The number of carbonyl (C=O) groups is 2. The van der Waals surface area contributed by atoms with Crippen LogP contribution in [0.4, 0.5) is 5.69 Å². The molecule has 1 amide bonds. The number of thiophene rings is 1. The molecule has 5 heteroatoms. The number of aryl methyl sites for hydroxylation is 1. The van der Waals surface area contributed by atoms with Gasteiger partial charge >= 0.3 is 5.97 Å². The van der Waals surface area contributed by atoms with E-state index in [4.69, 9.17) is 4.74 Å². The molecule has 0 fully saturated rings. The fraction of sp³-hybridized carbons (Fsp3) is 0.429. The number of hydrogen-bond donors (Lipinski definition) is 0. The summed E-state index contributed by atoms with van der Waals surface area (Å²) in [5, 5.41) is 0. The number of hydrogen-bond acceptors (Lipinski definition) is 4. The molecule has 1 aromatic heterocycles. The quantitative estimate of drug-likeness (QED) is 0.768. The van der Waals surface area contributed by atoms with Crippen LogP contribution in [0.15, 0.2) is 30.3 Å². The van der Waals surface area contributed by atoms with Gasteiger partial charge < -0.3 is 9.64 Å². The standard InChI is InChI=1S/C21H23NO3S/c1-13-7-8-18-16(11-13)12-19(26-18)21(24)25-14(2)20(23)22-10-9-15-5-3-4-6-17(15)22/h3-6,12-14H,7-11H2,1-2H3/t13-,14+/m1/s1. The molecule has 0 unspecified atom stereocenters. The molecule has 136 valence electrons. The molecule has 4 nitrogen and oxygen atoms in total. The van der Waals surface area contributed by atoms with Crippen molar-refractivity contribution < 1.29 is 14.3 Å². The van der Waals surface area contributed by atoms with Crippen LogP contribution in [0, 0.1) is 5.92 Å². The van der Waals surface area contributed by atoms with E-state index in [-0.39, 0.29) is 11.9 Å². The largest absolute Gasteiger partial charge is 0.448 e. The number of para-hydroxylation sites is 1. The van der Waals surface area contributed by atoms with Crippen LogP contribution >= 0.6 is 11.3 Å². The van der Waals surface area contributed by atoms with Crippen molar-refractivity contribution in [2.45, 2.75) is 45.6 Å². The first-order valence-electron chi connectivity index (χ1n) is 9.24. The fourth-order valence-corrected chi connectivity index (χ4v) is 4.95. The third kappa shape index (κ3) is 3.16. The van der Waals surface area contributed by atoms with Gasteiger partial charge in [0.1, 0.15) is 4.88 Å². The zero-order chi connectivity index (χ0) is 18.3. The lowest BCUT2D eigenvalue weighted by Gasteiger charge is -2.21. The summed E-state index contributed by atoms with van der Waals surface area (Å²) in [4.78, 5) is 28.9. The first-order chi connectivity index (χ1) is 12.5. The number of benzene rings is 1. The Bertz CT molecular complexity index is 857. The third-order valence-corrected chi connectivity index (χ3v) is 6.53. The third-order valence-electron chi connectivity index (χ3n) is 5.32. The first-order valence-corrected chi connectivity index (χ1v) is 10.1. The summed E-state index contributed by atoms with van der Waals surface area (Å²) in [7, 11) is 0. The number of fused-ring (bicyclic) bond motifs is 2. The second kappa shape index (κ2) is 6.88. The number of rotatable bonds is 3. The average molecular weight is 369 g/mol. The molecule has 4 rings (SSSR count). The second-order valence-electron chi connectivity index (χ2n) is 7.32. The fourth-order valence-electron chi connectivity index (χ4n) is 3.86. The van der Waals surface area contributed by atoms with E-state index < -0.39 is 6.10 Å². The van der Waals surface area contributed by atoms with Crippen LogP contribution in [0.3, 0.4) is 0 Å². The second-order valence-corrected chi connectivity index (χ2v) is 8.46. The van der Waals surface area contributed by atoms with Gasteiger partial charge in [0.2, 0.25) is 0 Å². The Morgan fingerprint density at radius 1 is 1.23 bits per heavy atom. The molecular formula is C21H23NO3S. The van der Waals surface area contributed by atoms with Crippen molar-refractivity contribution >= 4 is 28.9 Å². The van der Waals surface area contributed by atoms with Crippen molar-refractivity contribution in [3.8, 4) is 0 Å². The number of ether oxygens (including phenoxy) is 1. The SMILES string of the molecule is C[C@@H]1CCc2sc(C(=O)O[C@@H](C)C(=O)N3CCc4ccccc43)cc2C1. The lowest BCUT2D eigenvalue weighted by molar-refractivity contribution is -0.126. The molecule has 1 aliphatic carbocycles. The number of esters is 1. The minimum atomic E-state index is -0.785. The minimum absolute atomic E-state index is 0.154. The Balaban J connectivity index is 1.44. The molecule has 0 saturated heterocycles. The topological polar surface area (TPSA) is 46.6 Å². The van der Waals surface area contributed by atoms with Gasteiger partial charge in [0, 0.05) is 17.1 Å². The summed E-state index contributed by atoms with van der Waals surface area (Å²) < 4.78 is 5.51. The highest BCUT2D eigenvalue weighted by molar-refractivity contribution is 7.14. The molecule has 1 aromatic carbocycles. The van der Waals surface area contributed by atoms with Crippen LogP contribution < -0.4 is 4.90 Å². The zero-order valence-corrected chi connectivity index (χ0v) is 16.0. The van der Waals surface area contributed by atoms with Crippen LogP contribution in [0.5, 0.6) is 0 Å². The molecule has 2 atom stereocenters. The summed E-state index contributed by atoms with van der Waals surface area (Å²) in [6, 6.07) is 9.86. The summed E-state index contributed by atoms with van der Waals surface area (Å²) in [5.41, 5.74) is 3.37. The van der Waals surface area contributed by atoms with Gasteiger partial charge in [-0.05, 0) is 61.8 Å². The average Bonchev–Trinajstić information content (AvgIpc) is 3.24. The van der Waals surface area contributed by atoms with Gasteiger partial charge in [0.05, 0.1) is 0 Å². The number of amides is 1. The van der Waals surface area contributed by atoms with Gasteiger partial charge in [-0.25, -0.2) is 4.79 Å². The van der Waals surface area contributed by atoms with Crippen molar-refractivity contribution in [1.29, 1.82) is 0 Å². The predicted octanol–water partition coefficient (Wildman–Crippen LogP) is 4.01. The molecular weight excluding hydrogens is 346 g/mol. The molecule has 1 aliphatic heterocycles. The Morgan fingerprint density at radius 2 is 2.04 bits per heavy atom. The Labute approximate surface area is 157 Å². The number of anilines is 1. The van der Waals surface area contributed by atoms with Crippen molar-refractivity contribution in [3.63, 3.8) is 0 Å². The Kier molecular flexibility index (Phi) is 4.57. The molecule has 2 aliphatic rings. The molecule has 0 spiro atoms. The van der Waals surface area contributed by atoms with E-state index in [0.717, 1.165) is 24.9 Å². The normalized spacial score (nSPS) is 19.6. The zero-order valence-electron chi connectivity index (χ0n) is 15.2. The van der Waals surface area contributed by atoms with Gasteiger partial charge in [-0.15, -0.1) is 11.3 Å². The molecule has 2 heterocycles. The van der Waals surface area contributed by atoms with Crippen molar-refractivity contribution in [3.05, 3.63) is 51.2 Å². The number of carbonyl (C=O) groups excluding carboxylic acids is 2. The van der Waals surface area contributed by atoms with E-state index in [9.17, 15) is 9.59 Å². The van der Waals surface area contributed by atoms with Crippen LogP contribution in [-0.2, 0) is 28.8 Å². The van der Waals surface area contributed by atoms with Crippen molar-refractivity contribution in [2.75, 3.05) is 11.4 Å². The summed E-state index contributed by atoms with van der Waals surface area (Å²) in [5.74, 6) is 0.125. The van der Waals surface area contributed by atoms with Gasteiger partial charge in [0.15, 0.2) is 6.10 Å². The highest BCUT2D eigenvalue weighted by atomic mass is 32.1. The maximum atomic E-state index is 12.8. The van der Waals surface area contributed by atoms with E-state index in [0.29, 0.717) is 17.3 Å². The van der Waals surface area contributed by atoms with E-state index in [1.165, 1.54) is 33.8 Å². The summed E-state index contributed by atoms with van der Waals surface area (Å²) in [6.45, 7) is 4.55. The molecule has 2 aromatic rings. The Hall–Kier alpha value is -2.14. The van der Waals surface area contributed by atoms with Crippen LogP contribution in [0.1, 0.15) is 45.9 Å². The first kappa shape index (κ1) is 17.3. The predicted molar refractivity (Wildman–Crippen MR) is 103 cm³/mol. The molecule has 26 heavy (non-hydrogen) atoms. The number of nitrogens with zero attached hydrogens (tertiary/aromatic N) is 1. The molecule has 0 bridgehead atoms.